The smallest absolute Gasteiger partial charge is 0.237 e. The largest absolute Gasteiger partial charge is 0.490 e. The summed E-state index contributed by atoms with van der Waals surface area (Å²) in [5.74, 6) is 1.89. The van der Waals surface area contributed by atoms with Gasteiger partial charge in [-0.25, -0.2) is 0 Å². The fourth-order valence-corrected chi connectivity index (χ4v) is 4.86. The van der Waals surface area contributed by atoms with Gasteiger partial charge in [0, 0.05) is 25.6 Å². The summed E-state index contributed by atoms with van der Waals surface area (Å²) in [6.45, 7) is 4.33. The lowest BCUT2D eigenvalue weighted by atomic mass is 9.99. The Balaban J connectivity index is 1.23. The van der Waals surface area contributed by atoms with Crippen LogP contribution in [0.25, 0.3) is 5.57 Å². The summed E-state index contributed by atoms with van der Waals surface area (Å²) in [5.41, 5.74) is 3.83. The van der Waals surface area contributed by atoms with E-state index in [0.717, 1.165) is 50.3 Å². The van der Waals surface area contributed by atoms with E-state index < -0.39 is 0 Å². The molecule has 0 aromatic heterocycles. The zero-order valence-corrected chi connectivity index (χ0v) is 18.0. The van der Waals surface area contributed by atoms with Gasteiger partial charge in [0.2, 0.25) is 5.91 Å². The molecule has 0 radical (unpaired) electrons. The second-order valence-electron chi connectivity index (χ2n) is 8.57. The van der Waals surface area contributed by atoms with Crippen molar-refractivity contribution in [1.82, 2.24) is 9.80 Å². The van der Waals surface area contributed by atoms with Gasteiger partial charge in [0.25, 0.3) is 0 Å². The molecule has 3 aliphatic rings. The Bertz CT molecular complexity index is 956. The number of rotatable bonds is 4. The van der Waals surface area contributed by atoms with E-state index in [9.17, 15) is 4.79 Å². The topological polar surface area (TPSA) is 42.0 Å². The molecule has 2 aromatic carbocycles. The lowest BCUT2D eigenvalue weighted by molar-refractivity contribution is -0.132. The van der Waals surface area contributed by atoms with Gasteiger partial charge in [-0.2, -0.15) is 0 Å². The molecule has 0 aliphatic carbocycles. The highest BCUT2D eigenvalue weighted by atomic mass is 16.5. The number of likely N-dealkylation sites (tertiary alicyclic amines) is 1. The van der Waals surface area contributed by atoms with Gasteiger partial charge < -0.3 is 14.4 Å². The minimum absolute atomic E-state index is 0.226. The van der Waals surface area contributed by atoms with E-state index in [-0.39, 0.29) is 11.9 Å². The molecule has 1 saturated heterocycles. The molecule has 5 heteroatoms. The number of ether oxygens (including phenoxy) is 2. The zero-order chi connectivity index (χ0) is 21.0. The van der Waals surface area contributed by atoms with Gasteiger partial charge in [0.05, 0.1) is 19.8 Å². The van der Waals surface area contributed by atoms with Crippen LogP contribution in [0.4, 0.5) is 0 Å². The first kappa shape index (κ1) is 20.1. The van der Waals surface area contributed by atoms with Gasteiger partial charge in [-0.15, -0.1) is 0 Å². The Morgan fingerprint density at radius 1 is 0.968 bits per heavy atom. The maximum Gasteiger partial charge on any atom is 0.237 e. The number of benzene rings is 2. The van der Waals surface area contributed by atoms with E-state index >= 15 is 0 Å². The summed E-state index contributed by atoms with van der Waals surface area (Å²) in [4.78, 5) is 17.4. The Hall–Kier alpha value is -2.79. The SMILES string of the molecule is O=C(CN1CCC[C@@H]1c1ccc2c(c1)OCCCO2)N1CC=C(c2ccccc2)CC1. The molecule has 1 fully saturated rings. The quantitative estimate of drug-likeness (QED) is 0.742. The number of hydrogen-bond donors (Lipinski definition) is 0. The summed E-state index contributed by atoms with van der Waals surface area (Å²) in [5, 5.41) is 0. The van der Waals surface area contributed by atoms with Crippen molar-refractivity contribution in [3.05, 3.63) is 65.7 Å². The van der Waals surface area contributed by atoms with Gasteiger partial charge in [-0.05, 0) is 54.6 Å². The third-order valence-electron chi connectivity index (χ3n) is 6.56. The highest BCUT2D eigenvalue weighted by molar-refractivity contribution is 5.80. The van der Waals surface area contributed by atoms with E-state index in [1.807, 2.05) is 17.0 Å². The van der Waals surface area contributed by atoms with Crippen molar-refractivity contribution in [1.29, 1.82) is 0 Å². The molecule has 1 atom stereocenters. The lowest BCUT2D eigenvalue weighted by Gasteiger charge is -2.31. The minimum Gasteiger partial charge on any atom is -0.490 e. The van der Waals surface area contributed by atoms with E-state index in [4.69, 9.17) is 9.47 Å². The second kappa shape index (κ2) is 9.15. The summed E-state index contributed by atoms with van der Waals surface area (Å²) < 4.78 is 11.7. The van der Waals surface area contributed by atoms with Crippen molar-refractivity contribution < 1.29 is 14.3 Å². The zero-order valence-electron chi connectivity index (χ0n) is 18.0. The Kier molecular flexibility index (Phi) is 5.94. The van der Waals surface area contributed by atoms with Crippen LogP contribution in [0.5, 0.6) is 11.5 Å². The summed E-state index contributed by atoms with van der Waals surface area (Å²) >= 11 is 0. The third-order valence-corrected chi connectivity index (χ3v) is 6.56. The first-order chi connectivity index (χ1) is 15.3. The number of amides is 1. The fraction of sp³-hybridized carbons (Fsp3) is 0.423. The summed E-state index contributed by atoms with van der Waals surface area (Å²) in [6.07, 6.45) is 6.23. The van der Waals surface area contributed by atoms with Gasteiger partial charge >= 0.3 is 0 Å². The van der Waals surface area contributed by atoms with Crippen LogP contribution in [0.15, 0.2) is 54.6 Å². The molecule has 1 amide bonds. The molecule has 3 aliphatic heterocycles. The number of hydrogen-bond acceptors (Lipinski definition) is 4. The monoisotopic (exact) mass is 418 g/mol. The van der Waals surface area contributed by atoms with Crippen LogP contribution in [-0.2, 0) is 4.79 Å². The molecule has 5 rings (SSSR count). The maximum atomic E-state index is 13.1. The molecule has 0 N–H and O–H groups in total. The molecule has 0 saturated carbocycles. The minimum atomic E-state index is 0.226. The molecule has 162 valence electrons. The number of carbonyl (C=O) groups is 1. The molecular formula is C26H30N2O3. The van der Waals surface area contributed by atoms with Crippen LogP contribution in [0.3, 0.4) is 0 Å². The van der Waals surface area contributed by atoms with Crippen LogP contribution in [0.2, 0.25) is 0 Å². The molecule has 5 nitrogen and oxygen atoms in total. The van der Waals surface area contributed by atoms with Gasteiger partial charge in [0.15, 0.2) is 11.5 Å². The second-order valence-corrected chi connectivity index (χ2v) is 8.57. The Morgan fingerprint density at radius 2 is 1.81 bits per heavy atom. The first-order valence-electron chi connectivity index (χ1n) is 11.4. The van der Waals surface area contributed by atoms with Crippen molar-refractivity contribution >= 4 is 11.5 Å². The van der Waals surface area contributed by atoms with Crippen LogP contribution in [-0.4, -0.2) is 55.1 Å². The summed E-state index contributed by atoms with van der Waals surface area (Å²) in [7, 11) is 0. The van der Waals surface area contributed by atoms with E-state index in [1.165, 1.54) is 16.7 Å². The van der Waals surface area contributed by atoms with Crippen molar-refractivity contribution in [3.63, 3.8) is 0 Å². The van der Waals surface area contributed by atoms with Gasteiger partial charge in [-0.3, -0.25) is 9.69 Å². The molecule has 0 unspecified atom stereocenters. The Labute approximate surface area is 184 Å². The summed E-state index contributed by atoms with van der Waals surface area (Å²) in [6, 6.07) is 17.0. The van der Waals surface area contributed by atoms with Crippen LogP contribution in [0, 0.1) is 0 Å². The molecular weight excluding hydrogens is 388 g/mol. The van der Waals surface area contributed by atoms with Gasteiger partial charge in [-0.1, -0.05) is 42.5 Å². The Morgan fingerprint density at radius 3 is 2.61 bits per heavy atom. The highest BCUT2D eigenvalue weighted by Crippen LogP contribution is 2.38. The molecule has 2 aromatic rings. The van der Waals surface area contributed by atoms with E-state index in [1.54, 1.807) is 0 Å². The molecule has 3 heterocycles. The van der Waals surface area contributed by atoms with Crippen LogP contribution < -0.4 is 9.47 Å². The average Bonchev–Trinajstić information content (AvgIpc) is 3.15. The molecule has 31 heavy (non-hydrogen) atoms. The number of fused-ring (bicyclic) bond motifs is 1. The lowest BCUT2D eigenvalue weighted by Crippen LogP contribution is -2.42. The normalized spacial score (nSPS) is 21.5. The van der Waals surface area contributed by atoms with Crippen molar-refractivity contribution in [3.8, 4) is 11.5 Å². The van der Waals surface area contributed by atoms with Crippen LogP contribution >= 0.6 is 0 Å². The number of nitrogens with zero attached hydrogens (tertiary/aromatic N) is 2. The van der Waals surface area contributed by atoms with Crippen LogP contribution in [0.1, 0.15) is 42.9 Å². The third kappa shape index (κ3) is 4.47. The standard InChI is InChI=1S/C26H30N2O3/c29-26(27-14-11-21(12-15-27)20-6-2-1-3-7-20)19-28-13-4-8-23(28)22-9-10-24-25(18-22)31-17-5-16-30-24/h1-3,6-7,9-11,18,23H,4-5,8,12-17,19H2/t23-/m1/s1. The average molecular weight is 419 g/mol. The van der Waals surface area contributed by atoms with E-state index in [2.05, 4.69) is 47.4 Å². The first-order valence-corrected chi connectivity index (χ1v) is 11.4. The van der Waals surface area contributed by atoms with Crippen molar-refractivity contribution in [2.24, 2.45) is 0 Å². The fourth-order valence-electron chi connectivity index (χ4n) is 4.86. The predicted octanol–water partition coefficient (Wildman–Crippen LogP) is 4.30. The molecule has 0 bridgehead atoms. The van der Waals surface area contributed by atoms with Crippen molar-refractivity contribution in [2.75, 3.05) is 39.4 Å². The number of carbonyl (C=O) groups excluding carboxylic acids is 1. The van der Waals surface area contributed by atoms with Crippen molar-refractivity contribution in [2.45, 2.75) is 31.7 Å². The highest BCUT2D eigenvalue weighted by Gasteiger charge is 2.30. The maximum absolute atomic E-state index is 13.1. The molecule has 0 spiro atoms. The predicted molar refractivity (Wildman–Crippen MR) is 121 cm³/mol. The van der Waals surface area contributed by atoms with E-state index in [0.29, 0.717) is 26.3 Å². The van der Waals surface area contributed by atoms with Gasteiger partial charge in [0.1, 0.15) is 0 Å².